The molecule has 0 atom stereocenters. The van der Waals surface area contributed by atoms with Crippen molar-refractivity contribution in [3.63, 3.8) is 0 Å². The predicted octanol–water partition coefficient (Wildman–Crippen LogP) is 3.79. The van der Waals surface area contributed by atoms with Gasteiger partial charge in [0, 0.05) is 17.8 Å². The normalized spacial score (nSPS) is 11.2. The molecule has 2 N–H and O–H groups in total. The van der Waals surface area contributed by atoms with E-state index in [1.165, 1.54) is 24.3 Å². The fraction of sp³-hybridized carbons (Fsp3) is 0.125. The standard InChI is InChI=1S/C16H12F3N5O2/c1-9-5-14(24-26-9)23-15(25)12-7-13(21-8-20-12)22-11-4-2-3-10(6-11)16(17,18)19/h2-8H,1H3,(H,20,21,22)(H,23,24,25). The summed E-state index contributed by atoms with van der Waals surface area (Å²) in [6.07, 6.45) is -3.33. The number of nitrogens with one attached hydrogen (secondary N) is 2. The maximum atomic E-state index is 12.8. The summed E-state index contributed by atoms with van der Waals surface area (Å²) in [5.74, 6) is 0.349. The van der Waals surface area contributed by atoms with Gasteiger partial charge < -0.3 is 15.2 Å². The van der Waals surface area contributed by atoms with Crippen molar-refractivity contribution >= 4 is 23.2 Å². The van der Waals surface area contributed by atoms with Crippen molar-refractivity contribution in [2.24, 2.45) is 0 Å². The van der Waals surface area contributed by atoms with Gasteiger partial charge in [0.15, 0.2) is 5.82 Å². The lowest BCUT2D eigenvalue weighted by Crippen LogP contribution is -2.14. The van der Waals surface area contributed by atoms with E-state index in [0.717, 1.165) is 18.5 Å². The quantitative estimate of drug-likeness (QED) is 0.733. The molecule has 0 aliphatic rings. The lowest BCUT2D eigenvalue weighted by Gasteiger charge is -2.10. The van der Waals surface area contributed by atoms with Gasteiger partial charge in [-0.3, -0.25) is 4.79 Å². The topological polar surface area (TPSA) is 92.9 Å². The number of hydrogen-bond donors (Lipinski definition) is 2. The Morgan fingerprint density at radius 1 is 1.12 bits per heavy atom. The first kappa shape index (κ1) is 17.4. The van der Waals surface area contributed by atoms with E-state index in [4.69, 9.17) is 4.52 Å². The van der Waals surface area contributed by atoms with E-state index in [1.54, 1.807) is 6.92 Å². The Hall–Kier alpha value is -3.43. The second-order valence-electron chi connectivity index (χ2n) is 5.27. The lowest BCUT2D eigenvalue weighted by molar-refractivity contribution is -0.137. The zero-order valence-corrected chi connectivity index (χ0v) is 13.3. The number of carbonyl (C=O) groups excluding carboxylic acids is 1. The van der Waals surface area contributed by atoms with Crippen LogP contribution in [0.25, 0.3) is 0 Å². The fourth-order valence-electron chi connectivity index (χ4n) is 2.08. The highest BCUT2D eigenvalue weighted by molar-refractivity contribution is 6.02. The number of benzene rings is 1. The van der Waals surface area contributed by atoms with E-state index in [0.29, 0.717) is 5.76 Å². The molecule has 0 spiro atoms. The molecule has 0 radical (unpaired) electrons. The van der Waals surface area contributed by atoms with Crippen LogP contribution < -0.4 is 10.6 Å². The van der Waals surface area contributed by atoms with E-state index in [9.17, 15) is 18.0 Å². The lowest BCUT2D eigenvalue weighted by atomic mass is 10.2. The van der Waals surface area contributed by atoms with Gasteiger partial charge in [0.05, 0.1) is 5.56 Å². The van der Waals surface area contributed by atoms with Crippen LogP contribution in [0.4, 0.5) is 30.5 Å². The average Bonchev–Trinajstić information content (AvgIpc) is 2.99. The van der Waals surface area contributed by atoms with Gasteiger partial charge >= 0.3 is 6.18 Å². The van der Waals surface area contributed by atoms with E-state index in [2.05, 4.69) is 25.8 Å². The molecule has 10 heteroatoms. The zero-order valence-electron chi connectivity index (χ0n) is 13.3. The number of amides is 1. The second-order valence-corrected chi connectivity index (χ2v) is 5.27. The molecular weight excluding hydrogens is 351 g/mol. The van der Waals surface area contributed by atoms with Crippen molar-refractivity contribution in [3.05, 3.63) is 59.7 Å². The van der Waals surface area contributed by atoms with Crippen molar-refractivity contribution < 1.29 is 22.5 Å². The van der Waals surface area contributed by atoms with E-state index in [1.807, 2.05) is 0 Å². The first-order valence-corrected chi connectivity index (χ1v) is 7.32. The summed E-state index contributed by atoms with van der Waals surface area (Å²) < 4.78 is 43.1. The van der Waals surface area contributed by atoms with Crippen molar-refractivity contribution in [3.8, 4) is 0 Å². The van der Waals surface area contributed by atoms with Crippen LogP contribution >= 0.6 is 0 Å². The highest BCUT2D eigenvalue weighted by Crippen LogP contribution is 2.31. The number of anilines is 3. The Morgan fingerprint density at radius 2 is 1.92 bits per heavy atom. The predicted molar refractivity (Wildman–Crippen MR) is 86.0 cm³/mol. The van der Waals surface area contributed by atoms with Gasteiger partial charge in [-0.2, -0.15) is 13.2 Å². The maximum Gasteiger partial charge on any atom is 0.416 e. The van der Waals surface area contributed by atoms with Crippen LogP contribution in [0.5, 0.6) is 0 Å². The third-order valence-electron chi connectivity index (χ3n) is 3.23. The van der Waals surface area contributed by atoms with Crippen molar-refractivity contribution in [2.75, 3.05) is 10.6 Å². The van der Waals surface area contributed by atoms with Crippen LogP contribution in [-0.4, -0.2) is 21.0 Å². The van der Waals surface area contributed by atoms with Crippen LogP contribution in [0.1, 0.15) is 21.8 Å². The van der Waals surface area contributed by atoms with Gasteiger partial charge in [-0.25, -0.2) is 9.97 Å². The van der Waals surface area contributed by atoms with E-state index >= 15 is 0 Å². The van der Waals surface area contributed by atoms with Crippen molar-refractivity contribution in [2.45, 2.75) is 13.1 Å². The first-order valence-electron chi connectivity index (χ1n) is 7.32. The molecule has 0 unspecified atom stereocenters. The van der Waals surface area contributed by atoms with Crippen molar-refractivity contribution in [1.82, 2.24) is 15.1 Å². The van der Waals surface area contributed by atoms with Gasteiger partial charge in [-0.15, -0.1) is 0 Å². The average molecular weight is 363 g/mol. The van der Waals surface area contributed by atoms with E-state index in [-0.39, 0.29) is 23.0 Å². The Bertz CT molecular complexity index is 939. The number of aryl methyl sites for hydroxylation is 1. The molecule has 0 bridgehead atoms. The second kappa shape index (κ2) is 6.82. The summed E-state index contributed by atoms with van der Waals surface area (Å²) in [4.78, 5) is 19.9. The highest BCUT2D eigenvalue weighted by atomic mass is 19.4. The zero-order chi connectivity index (χ0) is 18.7. The number of rotatable bonds is 4. The molecule has 1 aromatic carbocycles. The third kappa shape index (κ3) is 4.15. The van der Waals surface area contributed by atoms with Crippen LogP contribution in [0.2, 0.25) is 0 Å². The number of alkyl halides is 3. The molecule has 2 heterocycles. The number of halogens is 3. The first-order chi connectivity index (χ1) is 12.3. The minimum atomic E-state index is -4.45. The molecule has 3 aromatic rings. The van der Waals surface area contributed by atoms with Crippen LogP contribution in [0.3, 0.4) is 0 Å². The number of nitrogens with zero attached hydrogens (tertiary/aromatic N) is 3. The monoisotopic (exact) mass is 363 g/mol. The van der Waals surface area contributed by atoms with Gasteiger partial charge in [0.2, 0.25) is 0 Å². The summed E-state index contributed by atoms with van der Waals surface area (Å²) >= 11 is 0. The summed E-state index contributed by atoms with van der Waals surface area (Å²) in [5, 5.41) is 8.83. The number of aromatic nitrogens is 3. The Balaban J connectivity index is 1.76. The summed E-state index contributed by atoms with van der Waals surface area (Å²) in [6, 6.07) is 7.47. The van der Waals surface area contributed by atoms with Gasteiger partial charge in [-0.05, 0) is 25.1 Å². The third-order valence-corrected chi connectivity index (χ3v) is 3.23. The molecule has 2 aromatic heterocycles. The van der Waals surface area contributed by atoms with Crippen LogP contribution in [0, 0.1) is 6.92 Å². The molecule has 3 rings (SSSR count). The van der Waals surface area contributed by atoms with Gasteiger partial charge in [0.25, 0.3) is 5.91 Å². The summed E-state index contributed by atoms with van der Waals surface area (Å²) in [7, 11) is 0. The van der Waals surface area contributed by atoms with Gasteiger partial charge in [-0.1, -0.05) is 11.2 Å². The molecule has 0 aliphatic carbocycles. The summed E-state index contributed by atoms with van der Waals surface area (Å²) in [5.41, 5.74) is -0.608. The van der Waals surface area contributed by atoms with Crippen LogP contribution in [0.15, 0.2) is 47.2 Å². The van der Waals surface area contributed by atoms with Crippen LogP contribution in [-0.2, 0) is 6.18 Å². The SMILES string of the molecule is Cc1cc(NC(=O)c2cc(Nc3cccc(C(F)(F)F)c3)ncn2)no1. The molecule has 0 fully saturated rings. The largest absolute Gasteiger partial charge is 0.416 e. The van der Waals surface area contributed by atoms with Crippen molar-refractivity contribution in [1.29, 1.82) is 0 Å². The molecule has 1 amide bonds. The Morgan fingerprint density at radius 3 is 2.62 bits per heavy atom. The minimum absolute atomic E-state index is 0.00938. The molecule has 134 valence electrons. The Kier molecular flexibility index (Phi) is 4.57. The van der Waals surface area contributed by atoms with Gasteiger partial charge in [0.1, 0.15) is 23.6 Å². The fourth-order valence-corrected chi connectivity index (χ4v) is 2.08. The summed E-state index contributed by atoms with van der Waals surface area (Å²) in [6.45, 7) is 1.67. The molecule has 0 aliphatic heterocycles. The molecular formula is C16H12F3N5O2. The number of hydrogen-bond acceptors (Lipinski definition) is 6. The highest BCUT2D eigenvalue weighted by Gasteiger charge is 2.30. The molecule has 0 saturated carbocycles. The Labute approximate surface area is 145 Å². The molecule has 7 nitrogen and oxygen atoms in total. The van der Waals surface area contributed by atoms with E-state index < -0.39 is 17.6 Å². The molecule has 26 heavy (non-hydrogen) atoms. The maximum absolute atomic E-state index is 12.8. The number of carbonyl (C=O) groups is 1. The molecule has 0 saturated heterocycles. The minimum Gasteiger partial charge on any atom is -0.360 e. The smallest absolute Gasteiger partial charge is 0.360 e.